The van der Waals surface area contributed by atoms with Crippen molar-refractivity contribution in [3.05, 3.63) is 29.8 Å². The molecule has 3 N–H and O–H groups in total. The summed E-state index contributed by atoms with van der Waals surface area (Å²) in [6, 6.07) is 5.27. The van der Waals surface area contributed by atoms with Gasteiger partial charge in [0.2, 0.25) is 0 Å². The summed E-state index contributed by atoms with van der Waals surface area (Å²) in [5, 5.41) is 10.1. The van der Waals surface area contributed by atoms with Crippen LogP contribution in [-0.4, -0.2) is 21.2 Å². The lowest BCUT2D eigenvalue weighted by Crippen LogP contribution is -2.12. The van der Waals surface area contributed by atoms with Crippen molar-refractivity contribution < 1.29 is 9.50 Å². The highest BCUT2D eigenvalue weighted by molar-refractivity contribution is 5.77. The van der Waals surface area contributed by atoms with Gasteiger partial charge >= 0.3 is 0 Å². The van der Waals surface area contributed by atoms with E-state index in [2.05, 4.69) is 4.98 Å². The third-order valence-corrected chi connectivity index (χ3v) is 3.35. The molecule has 1 aromatic carbocycles. The molecule has 1 unspecified atom stereocenters. The number of aliphatic hydroxyl groups is 1. The van der Waals surface area contributed by atoms with Crippen LogP contribution in [0.25, 0.3) is 11.0 Å². The normalized spacial score (nSPS) is 17.3. The van der Waals surface area contributed by atoms with Gasteiger partial charge in [-0.2, -0.15) is 0 Å². The van der Waals surface area contributed by atoms with Crippen LogP contribution < -0.4 is 5.73 Å². The van der Waals surface area contributed by atoms with Crippen molar-refractivity contribution in [1.29, 1.82) is 0 Å². The van der Waals surface area contributed by atoms with Gasteiger partial charge in [0.25, 0.3) is 0 Å². The van der Waals surface area contributed by atoms with E-state index in [-0.39, 0.29) is 5.82 Å². The van der Waals surface area contributed by atoms with Crippen molar-refractivity contribution in [2.24, 2.45) is 5.73 Å². The molecule has 0 saturated heterocycles. The molecule has 2 aromatic rings. The molecular weight excluding hydrogens is 233 g/mol. The van der Waals surface area contributed by atoms with Gasteiger partial charge in [-0.15, -0.1) is 0 Å². The lowest BCUT2D eigenvalue weighted by atomic mass is 10.2. The highest BCUT2D eigenvalue weighted by Gasteiger charge is 2.30. The van der Waals surface area contributed by atoms with Crippen molar-refractivity contribution in [1.82, 2.24) is 9.55 Å². The highest BCUT2D eigenvalue weighted by Crippen LogP contribution is 2.40. The first kappa shape index (κ1) is 11.6. The van der Waals surface area contributed by atoms with Crippen LogP contribution in [0.3, 0.4) is 0 Å². The maximum atomic E-state index is 13.7. The van der Waals surface area contributed by atoms with E-state index in [1.54, 1.807) is 6.07 Å². The molecule has 1 atom stereocenters. The molecule has 0 spiro atoms. The lowest BCUT2D eigenvalue weighted by Gasteiger charge is -2.12. The number of fused-ring (bicyclic) bond motifs is 1. The Hall–Kier alpha value is -1.46. The maximum absolute atomic E-state index is 13.7. The quantitative estimate of drug-likeness (QED) is 0.869. The standard InChI is InChI=1S/C13H16FN3O/c14-9-2-1-3-10-12(9)16-13(11(18)6-7-15)17(10)8-4-5-8/h1-3,8,11,18H,4-7,15H2. The van der Waals surface area contributed by atoms with Crippen molar-refractivity contribution >= 4 is 11.0 Å². The number of aromatic nitrogens is 2. The molecular formula is C13H16FN3O. The number of benzene rings is 1. The first-order valence-corrected chi connectivity index (χ1v) is 6.27. The van der Waals surface area contributed by atoms with Crippen LogP contribution in [0.15, 0.2) is 18.2 Å². The minimum atomic E-state index is -0.720. The van der Waals surface area contributed by atoms with Crippen molar-refractivity contribution in [3.63, 3.8) is 0 Å². The Morgan fingerprint density at radius 2 is 2.28 bits per heavy atom. The number of rotatable bonds is 4. The van der Waals surface area contributed by atoms with Crippen LogP contribution in [0.4, 0.5) is 4.39 Å². The Bertz CT molecular complexity index is 577. The van der Waals surface area contributed by atoms with Crippen LogP contribution in [0, 0.1) is 5.82 Å². The van der Waals surface area contributed by atoms with Gasteiger partial charge in [0.15, 0.2) is 5.82 Å². The number of hydrogen-bond donors (Lipinski definition) is 2. The lowest BCUT2D eigenvalue weighted by molar-refractivity contribution is 0.156. The van der Waals surface area contributed by atoms with E-state index in [1.807, 2.05) is 10.6 Å². The zero-order valence-electron chi connectivity index (χ0n) is 10.0. The molecule has 0 bridgehead atoms. The first-order valence-electron chi connectivity index (χ1n) is 6.27. The van der Waals surface area contributed by atoms with E-state index >= 15 is 0 Å². The van der Waals surface area contributed by atoms with Gasteiger partial charge in [0.05, 0.1) is 5.52 Å². The Balaban J connectivity index is 2.17. The third-order valence-electron chi connectivity index (χ3n) is 3.35. The summed E-state index contributed by atoms with van der Waals surface area (Å²) in [6.45, 7) is 0.386. The Morgan fingerprint density at radius 3 is 2.94 bits per heavy atom. The molecule has 3 rings (SSSR count). The summed E-state index contributed by atoms with van der Waals surface area (Å²) in [5.74, 6) is 0.205. The van der Waals surface area contributed by atoms with Gasteiger partial charge in [0.1, 0.15) is 17.4 Å². The SMILES string of the molecule is NCCC(O)c1nc2c(F)cccc2n1C1CC1. The predicted octanol–water partition coefficient (Wildman–Crippen LogP) is 1.89. The highest BCUT2D eigenvalue weighted by atomic mass is 19.1. The molecule has 1 saturated carbocycles. The van der Waals surface area contributed by atoms with Gasteiger partial charge in [0, 0.05) is 6.04 Å². The van der Waals surface area contributed by atoms with E-state index < -0.39 is 6.10 Å². The van der Waals surface area contributed by atoms with E-state index in [4.69, 9.17) is 5.73 Å². The first-order chi connectivity index (χ1) is 8.72. The van der Waals surface area contributed by atoms with Gasteiger partial charge in [-0.3, -0.25) is 0 Å². The summed E-state index contributed by atoms with van der Waals surface area (Å²) in [5.41, 5.74) is 6.57. The van der Waals surface area contributed by atoms with E-state index in [0.29, 0.717) is 30.3 Å². The smallest absolute Gasteiger partial charge is 0.151 e. The minimum Gasteiger partial charge on any atom is -0.385 e. The third kappa shape index (κ3) is 1.79. The number of aliphatic hydroxyl groups excluding tert-OH is 1. The maximum Gasteiger partial charge on any atom is 0.151 e. The molecule has 0 aliphatic heterocycles. The fourth-order valence-electron chi connectivity index (χ4n) is 2.34. The zero-order chi connectivity index (χ0) is 12.7. The van der Waals surface area contributed by atoms with Crippen LogP contribution in [0.5, 0.6) is 0 Å². The molecule has 1 aromatic heterocycles. The minimum absolute atomic E-state index is 0.340. The second-order valence-corrected chi connectivity index (χ2v) is 4.77. The molecule has 1 aliphatic carbocycles. The van der Waals surface area contributed by atoms with Crippen molar-refractivity contribution in [2.45, 2.75) is 31.4 Å². The summed E-state index contributed by atoms with van der Waals surface area (Å²) in [6.07, 6.45) is 1.84. The van der Waals surface area contributed by atoms with E-state index in [9.17, 15) is 9.50 Å². The summed E-state index contributed by atoms with van der Waals surface area (Å²) in [4.78, 5) is 4.27. The molecule has 1 heterocycles. The molecule has 1 aliphatic rings. The topological polar surface area (TPSA) is 64.1 Å². The van der Waals surface area contributed by atoms with E-state index in [1.165, 1.54) is 6.07 Å². The molecule has 1 fully saturated rings. The zero-order valence-corrected chi connectivity index (χ0v) is 10.0. The number of halogens is 1. The molecule has 0 radical (unpaired) electrons. The van der Waals surface area contributed by atoms with Gasteiger partial charge < -0.3 is 15.4 Å². The largest absolute Gasteiger partial charge is 0.385 e. The van der Waals surface area contributed by atoms with Gasteiger partial charge in [-0.05, 0) is 37.9 Å². The molecule has 5 heteroatoms. The van der Waals surface area contributed by atoms with Crippen LogP contribution >= 0.6 is 0 Å². The number of nitrogens with two attached hydrogens (primary N) is 1. The Labute approximate surface area is 104 Å². The van der Waals surface area contributed by atoms with Crippen molar-refractivity contribution in [2.75, 3.05) is 6.54 Å². The second-order valence-electron chi connectivity index (χ2n) is 4.77. The number of imidazole rings is 1. The monoisotopic (exact) mass is 249 g/mol. The summed E-state index contributed by atoms with van der Waals surface area (Å²) >= 11 is 0. The fourth-order valence-corrected chi connectivity index (χ4v) is 2.34. The Kier molecular flexibility index (Phi) is 2.80. The van der Waals surface area contributed by atoms with Crippen LogP contribution in [0.2, 0.25) is 0 Å². The number of nitrogens with zero attached hydrogens (tertiary/aromatic N) is 2. The predicted molar refractivity (Wildman–Crippen MR) is 66.6 cm³/mol. The molecule has 18 heavy (non-hydrogen) atoms. The average molecular weight is 249 g/mol. The van der Waals surface area contributed by atoms with Crippen molar-refractivity contribution in [3.8, 4) is 0 Å². The molecule has 96 valence electrons. The number of hydrogen-bond acceptors (Lipinski definition) is 3. The number of para-hydroxylation sites is 1. The molecule has 4 nitrogen and oxygen atoms in total. The Morgan fingerprint density at radius 1 is 1.50 bits per heavy atom. The second kappa shape index (κ2) is 4.33. The summed E-state index contributed by atoms with van der Waals surface area (Å²) < 4.78 is 15.7. The van der Waals surface area contributed by atoms with Gasteiger partial charge in [-0.1, -0.05) is 6.07 Å². The summed E-state index contributed by atoms with van der Waals surface area (Å²) in [7, 11) is 0. The molecule has 0 amide bonds. The van der Waals surface area contributed by atoms with E-state index in [0.717, 1.165) is 18.4 Å². The van der Waals surface area contributed by atoms with Crippen LogP contribution in [0.1, 0.15) is 37.2 Å². The average Bonchev–Trinajstić information content (AvgIpc) is 3.10. The van der Waals surface area contributed by atoms with Crippen LogP contribution in [-0.2, 0) is 0 Å². The fraction of sp³-hybridized carbons (Fsp3) is 0.462. The van der Waals surface area contributed by atoms with Gasteiger partial charge in [-0.25, -0.2) is 9.37 Å².